The van der Waals surface area contributed by atoms with E-state index in [9.17, 15) is 4.79 Å². The Morgan fingerprint density at radius 2 is 2.09 bits per heavy atom. The Bertz CT molecular complexity index is 165. The number of Topliss-reactive ketones (excluding diaryl/α,β-unsaturated/α-hetero) is 1. The van der Waals surface area contributed by atoms with Crippen LogP contribution < -0.4 is 0 Å². The maximum atomic E-state index is 10.9. The number of carbonyl (C=O) groups excluding carboxylic acids is 1. The highest BCUT2D eigenvalue weighted by Crippen LogP contribution is 2.36. The van der Waals surface area contributed by atoms with Crippen molar-refractivity contribution in [2.45, 2.75) is 39.3 Å². The van der Waals surface area contributed by atoms with E-state index in [4.69, 9.17) is 0 Å². The van der Waals surface area contributed by atoms with Gasteiger partial charge in [0.05, 0.1) is 0 Å². The molecule has 1 fully saturated rings. The largest absolute Gasteiger partial charge is 0.300 e. The van der Waals surface area contributed by atoms with Crippen molar-refractivity contribution in [1.29, 1.82) is 0 Å². The molecular weight excluding hydrogens is 138 g/mol. The Labute approximate surface area is 68.6 Å². The van der Waals surface area contributed by atoms with E-state index in [1.807, 2.05) is 0 Å². The minimum atomic E-state index is 0.336. The molecule has 64 valence electrons. The quantitative estimate of drug-likeness (QED) is 0.612. The fraction of sp³-hybridized carbons (Fsp3) is 0.889. The summed E-state index contributed by atoms with van der Waals surface area (Å²) in [4.78, 5) is 13.2. The molecule has 1 aliphatic rings. The standard InChI is InChI=1S/C9H17NO/c1-6(2)10(4)9-5-8(9)7(3)11/h6,8-9H,5H2,1-4H3. The van der Waals surface area contributed by atoms with Gasteiger partial charge in [-0.25, -0.2) is 0 Å². The molecule has 0 saturated heterocycles. The molecule has 0 N–H and O–H groups in total. The van der Waals surface area contributed by atoms with Crippen molar-refractivity contribution in [2.24, 2.45) is 5.92 Å². The van der Waals surface area contributed by atoms with Crippen molar-refractivity contribution in [3.05, 3.63) is 0 Å². The van der Waals surface area contributed by atoms with Crippen molar-refractivity contribution in [1.82, 2.24) is 4.90 Å². The van der Waals surface area contributed by atoms with Crippen molar-refractivity contribution < 1.29 is 4.79 Å². The molecule has 2 heteroatoms. The third-order valence-electron chi connectivity index (χ3n) is 2.62. The van der Waals surface area contributed by atoms with E-state index in [2.05, 4.69) is 25.8 Å². The summed E-state index contributed by atoms with van der Waals surface area (Å²) in [5, 5.41) is 0. The van der Waals surface area contributed by atoms with E-state index in [1.54, 1.807) is 6.92 Å². The molecule has 2 nitrogen and oxygen atoms in total. The summed E-state index contributed by atoms with van der Waals surface area (Å²) in [6.45, 7) is 6.02. The number of ketones is 1. The van der Waals surface area contributed by atoms with Crippen LogP contribution in [0.2, 0.25) is 0 Å². The lowest BCUT2D eigenvalue weighted by molar-refractivity contribution is -0.118. The third-order valence-corrected chi connectivity index (χ3v) is 2.62. The van der Waals surface area contributed by atoms with Crippen LogP contribution in [-0.4, -0.2) is 29.8 Å². The molecule has 0 aliphatic heterocycles. The Morgan fingerprint density at radius 3 is 2.36 bits per heavy atom. The van der Waals surface area contributed by atoms with Gasteiger partial charge in [0.25, 0.3) is 0 Å². The second-order valence-corrected chi connectivity index (χ2v) is 3.78. The van der Waals surface area contributed by atoms with Gasteiger partial charge in [0.1, 0.15) is 5.78 Å². The van der Waals surface area contributed by atoms with E-state index in [1.165, 1.54) is 0 Å². The number of rotatable bonds is 3. The zero-order valence-electron chi connectivity index (χ0n) is 7.79. The Hall–Kier alpha value is -0.370. The van der Waals surface area contributed by atoms with Gasteiger partial charge in [-0.2, -0.15) is 0 Å². The van der Waals surface area contributed by atoms with Crippen LogP contribution in [0.1, 0.15) is 27.2 Å². The first-order chi connectivity index (χ1) is 5.04. The first-order valence-corrected chi connectivity index (χ1v) is 4.26. The van der Waals surface area contributed by atoms with Crippen LogP contribution in [0.15, 0.2) is 0 Å². The zero-order valence-corrected chi connectivity index (χ0v) is 7.79. The SMILES string of the molecule is CC(=O)C1CC1N(C)C(C)C. The highest BCUT2D eigenvalue weighted by molar-refractivity contribution is 5.81. The van der Waals surface area contributed by atoms with Crippen LogP contribution in [0, 0.1) is 5.92 Å². The van der Waals surface area contributed by atoms with Crippen LogP contribution >= 0.6 is 0 Å². The second kappa shape index (κ2) is 2.94. The van der Waals surface area contributed by atoms with Gasteiger partial charge in [-0.05, 0) is 34.2 Å². The minimum absolute atomic E-state index is 0.336. The van der Waals surface area contributed by atoms with Crippen LogP contribution in [0.4, 0.5) is 0 Å². The van der Waals surface area contributed by atoms with Crippen LogP contribution in [0.25, 0.3) is 0 Å². The Balaban J connectivity index is 2.37. The molecule has 0 bridgehead atoms. The predicted molar refractivity (Wildman–Crippen MR) is 45.5 cm³/mol. The highest BCUT2D eigenvalue weighted by Gasteiger charge is 2.43. The van der Waals surface area contributed by atoms with Gasteiger partial charge in [-0.3, -0.25) is 4.79 Å². The smallest absolute Gasteiger partial charge is 0.134 e. The number of hydrogen-bond donors (Lipinski definition) is 0. The summed E-state index contributed by atoms with van der Waals surface area (Å²) in [5.41, 5.74) is 0. The molecule has 2 unspecified atom stereocenters. The van der Waals surface area contributed by atoms with Crippen LogP contribution in [0.3, 0.4) is 0 Å². The van der Waals surface area contributed by atoms with E-state index in [0.717, 1.165) is 6.42 Å². The van der Waals surface area contributed by atoms with Gasteiger partial charge in [0, 0.05) is 18.0 Å². The fourth-order valence-corrected chi connectivity index (χ4v) is 1.45. The average molecular weight is 155 g/mol. The summed E-state index contributed by atoms with van der Waals surface area (Å²) in [6.07, 6.45) is 1.07. The molecule has 11 heavy (non-hydrogen) atoms. The van der Waals surface area contributed by atoms with Crippen molar-refractivity contribution in [3.8, 4) is 0 Å². The molecule has 0 heterocycles. The highest BCUT2D eigenvalue weighted by atomic mass is 16.1. The van der Waals surface area contributed by atoms with Crippen molar-refractivity contribution in [2.75, 3.05) is 7.05 Å². The lowest BCUT2D eigenvalue weighted by atomic mass is 10.2. The number of hydrogen-bond acceptors (Lipinski definition) is 2. The number of carbonyl (C=O) groups is 1. The molecule has 0 radical (unpaired) electrons. The predicted octanol–water partition coefficient (Wildman–Crippen LogP) is 1.30. The first-order valence-electron chi connectivity index (χ1n) is 4.26. The molecule has 0 aromatic carbocycles. The lowest BCUT2D eigenvalue weighted by Crippen LogP contribution is -2.30. The molecule has 0 spiro atoms. The monoisotopic (exact) mass is 155 g/mol. The topological polar surface area (TPSA) is 20.3 Å². The van der Waals surface area contributed by atoms with Crippen LogP contribution in [-0.2, 0) is 4.79 Å². The minimum Gasteiger partial charge on any atom is -0.300 e. The summed E-state index contributed by atoms with van der Waals surface area (Å²) in [7, 11) is 2.10. The fourth-order valence-electron chi connectivity index (χ4n) is 1.45. The van der Waals surface area contributed by atoms with Gasteiger partial charge in [0.2, 0.25) is 0 Å². The maximum Gasteiger partial charge on any atom is 0.134 e. The van der Waals surface area contributed by atoms with Gasteiger partial charge < -0.3 is 4.90 Å². The van der Waals surface area contributed by atoms with E-state index in [0.29, 0.717) is 23.8 Å². The molecule has 2 atom stereocenters. The Kier molecular flexibility index (Phi) is 2.33. The van der Waals surface area contributed by atoms with E-state index in [-0.39, 0.29) is 0 Å². The molecule has 0 amide bonds. The average Bonchev–Trinajstić information content (AvgIpc) is 2.63. The van der Waals surface area contributed by atoms with Crippen molar-refractivity contribution in [3.63, 3.8) is 0 Å². The first kappa shape index (κ1) is 8.72. The van der Waals surface area contributed by atoms with Gasteiger partial charge in [-0.1, -0.05) is 0 Å². The van der Waals surface area contributed by atoms with E-state index >= 15 is 0 Å². The van der Waals surface area contributed by atoms with Gasteiger partial charge in [-0.15, -0.1) is 0 Å². The number of nitrogens with zero attached hydrogens (tertiary/aromatic N) is 1. The van der Waals surface area contributed by atoms with Gasteiger partial charge in [0.15, 0.2) is 0 Å². The molecule has 0 aromatic heterocycles. The molecular formula is C9H17NO. The summed E-state index contributed by atoms with van der Waals surface area (Å²) in [6, 6.07) is 1.09. The summed E-state index contributed by atoms with van der Waals surface area (Å²) < 4.78 is 0. The lowest BCUT2D eigenvalue weighted by Gasteiger charge is -2.20. The van der Waals surface area contributed by atoms with Crippen molar-refractivity contribution >= 4 is 5.78 Å². The molecule has 1 aliphatic carbocycles. The zero-order chi connectivity index (χ0) is 8.59. The summed E-state index contributed by atoms with van der Waals surface area (Å²) in [5.74, 6) is 0.685. The van der Waals surface area contributed by atoms with Crippen LogP contribution in [0.5, 0.6) is 0 Å². The maximum absolute atomic E-state index is 10.9. The molecule has 1 saturated carbocycles. The van der Waals surface area contributed by atoms with Gasteiger partial charge >= 0.3 is 0 Å². The second-order valence-electron chi connectivity index (χ2n) is 3.78. The molecule has 0 aromatic rings. The summed E-state index contributed by atoms with van der Waals surface area (Å²) >= 11 is 0. The van der Waals surface area contributed by atoms with E-state index < -0.39 is 0 Å². The normalized spacial score (nSPS) is 29.6. The Morgan fingerprint density at radius 1 is 1.55 bits per heavy atom. The third kappa shape index (κ3) is 1.80. The molecule has 1 rings (SSSR count).